The van der Waals surface area contributed by atoms with Crippen molar-refractivity contribution in [3.8, 4) is 0 Å². The van der Waals surface area contributed by atoms with E-state index >= 15 is 0 Å². The van der Waals surface area contributed by atoms with Crippen LogP contribution in [0.15, 0.2) is 36.4 Å². The molecule has 0 heterocycles. The van der Waals surface area contributed by atoms with Crippen LogP contribution in [-0.4, -0.2) is 7.05 Å². The fourth-order valence-corrected chi connectivity index (χ4v) is 2.65. The molecule has 2 rings (SSSR count). The summed E-state index contributed by atoms with van der Waals surface area (Å²) in [6, 6.07) is 11.9. The highest BCUT2D eigenvalue weighted by molar-refractivity contribution is 5.36. The van der Waals surface area contributed by atoms with Gasteiger partial charge in [0.2, 0.25) is 0 Å². The summed E-state index contributed by atoms with van der Waals surface area (Å²) in [5, 5.41) is 3.35. The standard InChI is InChI=1S/C18H22FN/c1-12-6-5-7-13(2)16(12)11-18(20-4)15-8-9-17(19)14(3)10-15/h5-10,18,20H,11H2,1-4H3. The highest BCUT2D eigenvalue weighted by Gasteiger charge is 2.14. The lowest BCUT2D eigenvalue weighted by atomic mass is 9.92. The van der Waals surface area contributed by atoms with Crippen LogP contribution in [0.3, 0.4) is 0 Å². The van der Waals surface area contributed by atoms with Crippen LogP contribution in [0.1, 0.15) is 33.9 Å². The first kappa shape index (κ1) is 14.7. The molecular formula is C18H22FN. The Morgan fingerprint density at radius 2 is 1.65 bits per heavy atom. The Balaban J connectivity index is 2.31. The topological polar surface area (TPSA) is 12.0 Å². The van der Waals surface area contributed by atoms with Crippen LogP contribution in [0, 0.1) is 26.6 Å². The minimum absolute atomic E-state index is 0.143. The average molecular weight is 271 g/mol. The number of hydrogen-bond acceptors (Lipinski definition) is 1. The maximum absolute atomic E-state index is 13.4. The molecule has 0 fully saturated rings. The SMILES string of the molecule is CNC(Cc1c(C)cccc1C)c1ccc(F)c(C)c1. The molecule has 1 unspecified atom stereocenters. The average Bonchev–Trinajstić information content (AvgIpc) is 2.42. The summed E-state index contributed by atoms with van der Waals surface area (Å²) >= 11 is 0. The zero-order valence-corrected chi connectivity index (χ0v) is 12.6. The van der Waals surface area contributed by atoms with Gasteiger partial charge in [-0.25, -0.2) is 4.39 Å². The van der Waals surface area contributed by atoms with Crippen molar-refractivity contribution in [2.45, 2.75) is 33.2 Å². The van der Waals surface area contributed by atoms with Gasteiger partial charge in [-0.2, -0.15) is 0 Å². The van der Waals surface area contributed by atoms with Crippen molar-refractivity contribution < 1.29 is 4.39 Å². The van der Waals surface area contributed by atoms with Crippen LogP contribution >= 0.6 is 0 Å². The first-order valence-corrected chi connectivity index (χ1v) is 7.01. The van der Waals surface area contributed by atoms with Gasteiger partial charge >= 0.3 is 0 Å². The van der Waals surface area contributed by atoms with Crippen molar-refractivity contribution in [2.24, 2.45) is 0 Å². The van der Waals surface area contributed by atoms with E-state index in [-0.39, 0.29) is 11.9 Å². The molecule has 0 spiro atoms. The lowest BCUT2D eigenvalue weighted by Crippen LogP contribution is -2.20. The molecule has 0 saturated heterocycles. The first-order valence-electron chi connectivity index (χ1n) is 7.01. The number of likely N-dealkylation sites (N-methyl/N-ethyl adjacent to an activating group) is 1. The zero-order chi connectivity index (χ0) is 14.7. The molecule has 0 bridgehead atoms. The number of benzene rings is 2. The predicted molar refractivity (Wildman–Crippen MR) is 82.6 cm³/mol. The van der Waals surface area contributed by atoms with Gasteiger partial charge in [0, 0.05) is 6.04 Å². The van der Waals surface area contributed by atoms with Gasteiger partial charge in [0.25, 0.3) is 0 Å². The van der Waals surface area contributed by atoms with Crippen molar-refractivity contribution in [3.63, 3.8) is 0 Å². The van der Waals surface area contributed by atoms with Crippen molar-refractivity contribution in [2.75, 3.05) is 7.05 Å². The molecule has 1 atom stereocenters. The van der Waals surface area contributed by atoms with Gasteiger partial charge in [-0.15, -0.1) is 0 Å². The summed E-state index contributed by atoms with van der Waals surface area (Å²) in [5.41, 5.74) is 5.82. The van der Waals surface area contributed by atoms with Crippen LogP contribution in [0.25, 0.3) is 0 Å². The van der Waals surface area contributed by atoms with Crippen molar-refractivity contribution >= 4 is 0 Å². The zero-order valence-electron chi connectivity index (χ0n) is 12.6. The maximum atomic E-state index is 13.4. The summed E-state index contributed by atoms with van der Waals surface area (Å²) in [5.74, 6) is -0.143. The van der Waals surface area contributed by atoms with E-state index in [0.717, 1.165) is 12.0 Å². The van der Waals surface area contributed by atoms with Crippen molar-refractivity contribution in [3.05, 3.63) is 70.0 Å². The molecule has 1 N–H and O–H groups in total. The Morgan fingerprint density at radius 3 is 2.20 bits per heavy atom. The molecule has 2 aromatic rings. The minimum Gasteiger partial charge on any atom is -0.313 e. The molecule has 1 nitrogen and oxygen atoms in total. The highest BCUT2D eigenvalue weighted by Crippen LogP contribution is 2.24. The van der Waals surface area contributed by atoms with E-state index in [1.54, 1.807) is 6.07 Å². The first-order chi connectivity index (χ1) is 9.52. The predicted octanol–water partition coefficient (Wildman–Crippen LogP) is 4.25. The lowest BCUT2D eigenvalue weighted by Gasteiger charge is -2.20. The van der Waals surface area contributed by atoms with Crippen LogP contribution in [0.2, 0.25) is 0 Å². The monoisotopic (exact) mass is 271 g/mol. The second kappa shape index (κ2) is 6.19. The molecule has 0 aliphatic rings. The van der Waals surface area contributed by atoms with Crippen LogP contribution in [0.5, 0.6) is 0 Å². The molecule has 0 aliphatic carbocycles. The number of hydrogen-bond donors (Lipinski definition) is 1. The molecule has 106 valence electrons. The van der Waals surface area contributed by atoms with Crippen LogP contribution in [0.4, 0.5) is 4.39 Å². The highest BCUT2D eigenvalue weighted by atomic mass is 19.1. The Bertz CT molecular complexity index is 584. The van der Waals surface area contributed by atoms with E-state index < -0.39 is 0 Å². The van der Waals surface area contributed by atoms with E-state index in [4.69, 9.17) is 0 Å². The third-order valence-corrected chi connectivity index (χ3v) is 3.99. The quantitative estimate of drug-likeness (QED) is 0.876. The van der Waals surface area contributed by atoms with E-state index in [9.17, 15) is 4.39 Å². The van der Waals surface area contributed by atoms with Gasteiger partial charge in [0.05, 0.1) is 0 Å². The number of aryl methyl sites for hydroxylation is 3. The smallest absolute Gasteiger partial charge is 0.126 e. The largest absolute Gasteiger partial charge is 0.313 e. The van der Waals surface area contributed by atoms with Gasteiger partial charge in [-0.05, 0) is 68.1 Å². The molecule has 2 heteroatoms. The van der Waals surface area contributed by atoms with Crippen molar-refractivity contribution in [1.82, 2.24) is 5.32 Å². The third kappa shape index (κ3) is 3.07. The molecule has 20 heavy (non-hydrogen) atoms. The minimum atomic E-state index is -0.143. The van der Waals surface area contributed by atoms with E-state index in [0.29, 0.717) is 5.56 Å². The van der Waals surface area contributed by atoms with Gasteiger partial charge in [0.1, 0.15) is 5.82 Å². The maximum Gasteiger partial charge on any atom is 0.126 e. The van der Waals surface area contributed by atoms with Crippen molar-refractivity contribution in [1.29, 1.82) is 0 Å². The Labute approximate surface area is 120 Å². The Morgan fingerprint density at radius 1 is 1.00 bits per heavy atom. The number of nitrogens with one attached hydrogen (secondary N) is 1. The normalized spacial score (nSPS) is 12.4. The lowest BCUT2D eigenvalue weighted by molar-refractivity contribution is 0.580. The van der Waals surface area contributed by atoms with Crippen LogP contribution in [-0.2, 0) is 6.42 Å². The molecule has 0 radical (unpaired) electrons. The summed E-state index contributed by atoms with van der Waals surface area (Å²) in [7, 11) is 1.96. The fraction of sp³-hybridized carbons (Fsp3) is 0.333. The second-order valence-corrected chi connectivity index (χ2v) is 5.42. The molecule has 0 aromatic heterocycles. The summed E-state index contributed by atoms with van der Waals surface area (Å²) < 4.78 is 13.4. The third-order valence-electron chi connectivity index (χ3n) is 3.99. The summed E-state index contributed by atoms with van der Waals surface area (Å²) in [4.78, 5) is 0. The molecule has 0 aliphatic heterocycles. The summed E-state index contributed by atoms with van der Waals surface area (Å²) in [6.45, 7) is 6.10. The molecule has 2 aromatic carbocycles. The number of rotatable bonds is 4. The van der Waals surface area contributed by atoms with E-state index in [1.807, 2.05) is 26.1 Å². The van der Waals surface area contributed by atoms with Gasteiger partial charge < -0.3 is 5.32 Å². The van der Waals surface area contributed by atoms with Gasteiger partial charge in [0.15, 0.2) is 0 Å². The summed E-state index contributed by atoms with van der Waals surface area (Å²) in [6.07, 6.45) is 0.917. The Kier molecular flexibility index (Phi) is 4.56. The molecule has 0 amide bonds. The van der Waals surface area contributed by atoms with E-state index in [2.05, 4.69) is 37.4 Å². The second-order valence-electron chi connectivity index (χ2n) is 5.42. The molecule has 0 saturated carbocycles. The Hall–Kier alpha value is -1.67. The van der Waals surface area contributed by atoms with E-state index in [1.165, 1.54) is 16.7 Å². The molecular weight excluding hydrogens is 249 g/mol. The van der Waals surface area contributed by atoms with Gasteiger partial charge in [-0.3, -0.25) is 0 Å². The van der Waals surface area contributed by atoms with Crippen LogP contribution < -0.4 is 5.32 Å². The number of halogens is 1. The fourth-order valence-electron chi connectivity index (χ4n) is 2.65. The van der Waals surface area contributed by atoms with Gasteiger partial charge in [-0.1, -0.05) is 30.3 Å².